The maximum absolute atomic E-state index is 5.77. The number of hydrogen-bond donors (Lipinski definition) is 2. The van der Waals surface area contributed by atoms with Crippen LogP contribution in [-0.2, 0) is 0 Å². The summed E-state index contributed by atoms with van der Waals surface area (Å²) >= 11 is 0. The molecule has 0 saturated heterocycles. The lowest BCUT2D eigenvalue weighted by molar-refractivity contribution is 1.33. The highest BCUT2D eigenvalue weighted by Crippen LogP contribution is 2.31. The Morgan fingerprint density at radius 1 is 1.00 bits per heavy atom. The average molecular weight is 263 g/mol. The molecule has 1 heterocycles. The van der Waals surface area contributed by atoms with Gasteiger partial charge in [0.2, 0.25) is 0 Å². The van der Waals surface area contributed by atoms with E-state index in [0.29, 0.717) is 5.82 Å². The lowest BCUT2D eigenvalue weighted by Gasteiger charge is -2.16. The first kappa shape index (κ1) is 10.1. The number of rotatable bonds is 0. The van der Waals surface area contributed by atoms with Crippen molar-refractivity contribution in [1.82, 2.24) is 0 Å². The van der Waals surface area contributed by atoms with Crippen LogP contribution in [0.25, 0.3) is 16.8 Å². The van der Waals surface area contributed by atoms with Gasteiger partial charge in [0.25, 0.3) is 0 Å². The number of halogens is 1. The summed E-state index contributed by atoms with van der Waals surface area (Å²) in [6.07, 6.45) is 1.97. The third-order valence-electron chi connectivity index (χ3n) is 2.53. The van der Waals surface area contributed by atoms with Crippen LogP contribution >= 0.6 is 17.0 Å². The van der Waals surface area contributed by atoms with Gasteiger partial charge in [0.05, 0.1) is 0 Å². The summed E-state index contributed by atoms with van der Waals surface area (Å²) < 4.78 is 0. The third kappa shape index (κ3) is 1.49. The zero-order chi connectivity index (χ0) is 9.54. The summed E-state index contributed by atoms with van der Waals surface area (Å²) in [5.41, 5.74) is 8.06. The molecule has 0 spiro atoms. The monoisotopic (exact) mass is 262 g/mol. The van der Waals surface area contributed by atoms with E-state index in [1.54, 1.807) is 0 Å². The predicted molar refractivity (Wildman–Crippen MR) is 70.1 cm³/mol. The van der Waals surface area contributed by atoms with Gasteiger partial charge in [-0.15, -0.1) is 17.0 Å². The molecule has 0 saturated carbocycles. The highest BCUT2D eigenvalue weighted by Gasteiger charge is 2.09. The maximum atomic E-state index is 5.77. The van der Waals surface area contributed by atoms with E-state index in [4.69, 9.17) is 5.73 Å². The SMILES string of the molecule is Br.NC1=Cc2cccc3cccc(c23)N1. The molecule has 3 rings (SSSR count). The molecule has 15 heavy (non-hydrogen) atoms. The minimum absolute atomic E-state index is 0. The molecule has 0 unspecified atom stereocenters. The topological polar surface area (TPSA) is 38.0 Å². The fraction of sp³-hybridized carbons (Fsp3) is 0. The smallest absolute Gasteiger partial charge is 0.101 e. The van der Waals surface area contributed by atoms with Gasteiger partial charge in [-0.05, 0) is 23.1 Å². The first-order valence-corrected chi connectivity index (χ1v) is 4.60. The molecule has 2 aromatic carbocycles. The van der Waals surface area contributed by atoms with Gasteiger partial charge in [-0.1, -0.05) is 30.3 Å². The predicted octanol–water partition coefficient (Wildman–Crippen LogP) is 3.10. The van der Waals surface area contributed by atoms with Gasteiger partial charge in [0.15, 0.2) is 0 Å². The molecule has 2 nitrogen and oxygen atoms in total. The molecule has 3 N–H and O–H groups in total. The second-order valence-corrected chi connectivity index (χ2v) is 3.48. The second kappa shape index (κ2) is 3.59. The zero-order valence-corrected chi connectivity index (χ0v) is 9.74. The van der Waals surface area contributed by atoms with Crippen molar-refractivity contribution in [2.75, 3.05) is 5.32 Å². The minimum Gasteiger partial charge on any atom is -0.385 e. The molecule has 3 heteroatoms. The first-order chi connectivity index (χ1) is 6.84. The summed E-state index contributed by atoms with van der Waals surface area (Å²) in [6, 6.07) is 12.4. The summed E-state index contributed by atoms with van der Waals surface area (Å²) in [7, 11) is 0. The van der Waals surface area contributed by atoms with Crippen molar-refractivity contribution < 1.29 is 0 Å². The fourth-order valence-corrected chi connectivity index (χ4v) is 1.95. The molecule has 0 bridgehead atoms. The Hall–Kier alpha value is -1.48. The van der Waals surface area contributed by atoms with Crippen molar-refractivity contribution in [2.24, 2.45) is 5.73 Å². The zero-order valence-electron chi connectivity index (χ0n) is 8.03. The van der Waals surface area contributed by atoms with Crippen molar-refractivity contribution in [1.29, 1.82) is 0 Å². The van der Waals surface area contributed by atoms with E-state index in [2.05, 4.69) is 29.6 Å². The Morgan fingerprint density at radius 2 is 1.73 bits per heavy atom. The standard InChI is InChI=1S/C12H10N2.BrH/c13-11-7-9-5-1-3-8-4-2-6-10(14-11)12(8)9;/h1-7,14H,13H2;1H. The Morgan fingerprint density at radius 3 is 2.53 bits per heavy atom. The molecule has 1 aliphatic heterocycles. The number of anilines is 1. The Labute approximate surface area is 98.5 Å². The maximum Gasteiger partial charge on any atom is 0.101 e. The largest absolute Gasteiger partial charge is 0.385 e. The second-order valence-electron chi connectivity index (χ2n) is 3.48. The Bertz CT molecular complexity index is 541. The Balaban J connectivity index is 0.000000853. The van der Waals surface area contributed by atoms with E-state index >= 15 is 0 Å². The van der Waals surface area contributed by atoms with Crippen LogP contribution in [0.1, 0.15) is 5.56 Å². The molecule has 0 aromatic heterocycles. The van der Waals surface area contributed by atoms with Crippen LogP contribution in [0.15, 0.2) is 42.2 Å². The molecule has 0 radical (unpaired) electrons. The van der Waals surface area contributed by atoms with Crippen molar-refractivity contribution in [3.63, 3.8) is 0 Å². The minimum atomic E-state index is 0. The summed E-state index contributed by atoms with van der Waals surface area (Å²) in [6.45, 7) is 0. The number of hydrogen-bond acceptors (Lipinski definition) is 2. The van der Waals surface area contributed by atoms with Gasteiger partial charge >= 0.3 is 0 Å². The van der Waals surface area contributed by atoms with Gasteiger partial charge in [-0.2, -0.15) is 0 Å². The first-order valence-electron chi connectivity index (χ1n) is 4.60. The fourth-order valence-electron chi connectivity index (χ4n) is 1.95. The van der Waals surface area contributed by atoms with Crippen molar-refractivity contribution in [2.45, 2.75) is 0 Å². The van der Waals surface area contributed by atoms with Gasteiger partial charge in [0, 0.05) is 11.1 Å². The highest BCUT2D eigenvalue weighted by atomic mass is 79.9. The molecular formula is C12H11BrN2. The van der Waals surface area contributed by atoms with Gasteiger partial charge in [-0.25, -0.2) is 0 Å². The molecule has 2 aromatic rings. The van der Waals surface area contributed by atoms with Crippen LogP contribution in [0.5, 0.6) is 0 Å². The van der Waals surface area contributed by atoms with E-state index in [1.165, 1.54) is 16.3 Å². The van der Waals surface area contributed by atoms with Gasteiger partial charge in [-0.3, -0.25) is 0 Å². The molecule has 0 amide bonds. The van der Waals surface area contributed by atoms with Crippen LogP contribution in [0.3, 0.4) is 0 Å². The van der Waals surface area contributed by atoms with Crippen LogP contribution in [-0.4, -0.2) is 0 Å². The Kier molecular flexibility index (Phi) is 2.40. The number of nitrogens with one attached hydrogen (secondary N) is 1. The van der Waals surface area contributed by atoms with Crippen LogP contribution in [0.4, 0.5) is 5.69 Å². The number of benzene rings is 2. The lowest BCUT2D eigenvalue weighted by Crippen LogP contribution is -2.12. The van der Waals surface area contributed by atoms with Crippen LogP contribution in [0, 0.1) is 0 Å². The van der Waals surface area contributed by atoms with E-state index in [-0.39, 0.29) is 17.0 Å². The normalized spacial score (nSPS) is 12.7. The third-order valence-corrected chi connectivity index (χ3v) is 2.53. The van der Waals surface area contributed by atoms with Crippen molar-refractivity contribution in [3.8, 4) is 0 Å². The summed E-state index contributed by atoms with van der Waals surface area (Å²) in [5.74, 6) is 0.705. The van der Waals surface area contributed by atoms with Crippen molar-refractivity contribution >= 4 is 39.5 Å². The average Bonchev–Trinajstić information content (AvgIpc) is 2.18. The van der Waals surface area contributed by atoms with E-state index < -0.39 is 0 Å². The van der Waals surface area contributed by atoms with E-state index in [0.717, 1.165) is 5.69 Å². The summed E-state index contributed by atoms with van der Waals surface area (Å²) in [4.78, 5) is 0. The van der Waals surface area contributed by atoms with Crippen LogP contribution < -0.4 is 11.1 Å². The molecule has 76 valence electrons. The molecule has 0 aliphatic carbocycles. The van der Waals surface area contributed by atoms with Gasteiger partial charge < -0.3 is 11.1 Å². The summed E-state index contributed by atoms with van der Waals surface area (Å²) in [5, 5.41) is 5.66. The molecule has 0 atom stereocenters. The van der Waals surface area contributed by atoms with Gasteiger partial charge in [0.1, 0.15) is 5.82 Å². The quantitative estimate of drug-likeness (QED) is 0.766. The van der Waals surface area contributed by atoms with Crippen molar-refractivity contribution in [3.05, 3.63) is 47.8 Å². The molecule has 1 aliphatic rings. The van der Waals surface area contributed by atoms with E-state index in [9.17, 15) is 0 Å². The lowest BCUT2D eigenvalue weighted by atomic mass is 10.0. The van der Waals surface area contributed by atoms with E-state index in [1.807, 2.05) is 18.2 Å². The molecule has 0 fully saturated rings. The highest BCUT2D eigenvalue weighted by molar-refractivity contribution is 8.93. The molecular weight excluding hydrogens is 252 g/mol. The van der Waals surface area contributed by atoms with Crippen LogP contribution in [0.2, 0.25) is 0 Å². The number of nitrogens with two attached hydrogens (primary N) is 1.